The quantitative estimate of drug-likeness (QED) is 0.0303. The van der Waals surface area contributed by atoms with Crippen LogP contribution < -0.4 is 5.11 Å². The number of unbranched alkanes of at least 4 members (excludes halogenated alkanes) is 15. The number of rotatable bonds is 33. The zero-order chi connectivity index (χ0) is 35.0. The lowest BCUT2D eigenvalue weighted by Gasteiger charge is -2.34. The molecule has 47 heavy (non-hydrogen) atoms. The highest BCUT2D eigenvalue weighted by atomic mass is 16.6. The van der Waals surface area contributed by atoms with E-state index in [1.165, 1.54) is 83.5 Å². The van der Waals surface area contributed by atoms with E-state index >= 15 is 0 Å². The monoisotopic (exact) mass is 666 g/mol. The number of hydrogen-bond donors (Lipinski definition) is 0. The SMILES string of the molecule is CCCCCC/C=C/CCCCCCCCCC(=O)OCC(COCCC(C(=O)[O-])[N+](C)(C)C)OC(=O)CC/C=C/CCCCCC. The second-order valence-corrected chi connectivity index (χ2v) is 13.8. The van der Waals surface area contributed by atoms with Gasteiger partial charge in [0.1, 0.15) is 12.6 Å². The van der Waals surface area contributed by atoms with Gasteiger partial charge in [0.15, 0.2) is 6.10 Å². The van der Waals surface area contributed by atoms with Crippen molar-refractivity contribution in [1.82, 2.24) is 0 Å². The summed E-state index contributed by atoms with van der Waals surface area (Å²) in [7, 11) is 5.38. The van der Waals surface area contributed by atoms with E-state index in [0.29, 0.717) is 12.8 Å². The topological polar surface area (TPSA) is 102 Å². The molecule has 0 aromatic carbocycles. The van der Waals surface area contributed by atoms with Crippen molar-refractivity contribution in [3.05, 3.63) is 24.3 Å². The highest BCUT2D eigenvalue weighted by Gasteiger charge is 2.25. The summed E-state index contributed by atoms with van der Waals surface area (Å²) in [5.74, 6) is -1.81. The molecule has 0 N–H and O–H groups in total. The fourth-order valence-corrected chi connectivity index (χ4v) is 5.32. The van der Waals surface area contributed by atoms with Gasteiger partial charge in [0.05, 0.1) is 40.3 Å². The average Bonchev–Trinajstić information content (AvgIpc) is 3.01. The van der Waals surface area contributed by atoms with Crippen LogP contribution in [0.4, 0.5) is 0 Å². The molecule has 2 atom stereocenters. The van der Waals surface area contributed by atoms with Gasteiger partial charge in [0.2, 0.25) is 0 Å². The highest BCUT2D eigenvalue weighted by Crippen LogP contribution is 2.12. The number of carboxylic acid groups (broad SMARTS) is 1. The summed E-state index contributed by atoms with van der Waals surface area (Å²) in [5, 5.41) is 11.5. The Hall–Kier alpha value is -2.19. The summed E-state index contributed by atoms with van der Waals surface area (Å²) >= 11 is 0. The van der Waals surface area contributed by atoms with Crippen LogP contribution in [0.15, 0.2) is 24.3 Å². The molecule has 0 bridgehead atoms. The van der Waals surface area contributed by atoms with E-state index in [0.717, 1.165) is 32.1 Å². The first kappa shape index (κ1) is 44.8. The number of hydrogen-bond acceptors (Lipinski definition) is 7. The maximum absolute atomic E-state index is 12.5. The van der Waals surface area contributed by atoms with Crippen LogP contribution in [0.2, 0.25) is 0 Å². The third kappa shape index (κ3) is 29.7. The molecule has 0 rings (SSSR count). The maximum atomic E-state index is 12.5. The fourth-order valence-electron chi connectivity index (χ4n) is 5.32. The first-order chi connectivity index (χ1) is 22.6. The minimum absolute atomic E-state index is 0.0257. The van der Waals surface area contributed by atoms with Crippen LogP contribution in [0.5, 0.6) is 0 Å². The zero-order valence-corrected chi connectivity index (χ0v) is 30.9. The first-order valence-electron chi connectivity index (χ1n) is 18.9. The van der Waals surface area contributed by atoms with Crippen molar-refractivity contribution in [2.75, 3.05) is 41.0 Å². The van der Waals surface area contributed by atoms with E-state index in [9.17, 15) is 19.5 Å². The van der Waals surface area contributed by atoms with Gasteiger partial charge in [-0.15, -0.1) is 0 Å². The molecule has 0 saturated carbocycles. The molecule has 0 spiro atoms. The smallest absolute Gasteiger partial charge is 0.306 e. The summed E-state index contributed by atoms with van der Waals surface area (Å²) < 4.78 is 17.0. The van der Waals surface area contributed by atoms with Gasteiger partial charge in [0, 0.05) is 19.3 Å². The number of carbonyl (C=O) groups is 3. The molecular weight excluding hydrogens is 594 g/mol. The molecule has 8 heteroatoms. The van der Waals surface area contributed by atoms with Crippen LogP contribution in [0, 0.1) is 0 Å². The molecule has 0 amide bonds. The fraction of sp³-hybridized carbons (Fsp3) is 0.821. The normalized spacial score (nSPS) is 13.3. The Labute approximate surface area is 288 Å². The van der Waals surface area contributed by atoms with Crippen molar-refractivity contribution in [2.24, 2.45) is 0 Å². The number of carboxylic acids is 1. The zero-order valence-electron chi connectivity index (χ0n) is 30.9. The van der Waals surface area contributed by atoms with E-state index in [4.69, 9.17) is 14.2 Å². The summed E-state index contributed by atoms with van der Waals surface area (Å²) in [6.07, 6.45) is 30.8. The Kier molecular flexibility index (Phi) is 29.7. The molecule has 0 aliphatic heterocycles. The van der Waals surface area contributed by atoms with E-state index in [1.807, 2.05) is 6.08 Å². The average molecular weight is 666 g/mol. The summed E-state index contributed by atoms with van der Waals surface area (Å²) in [6, 6.07) is -0.727. The Morgan fingerprint density at radius 3 is 1.62 bits per heavy atom. The lowest BCUT2D eigenvalue weighted by atomic mass is 10.1. The van der Waals surface area contributed by atoms with Gasteiger partial charge in [-0.1, -0.05) is 109 Å². The molecule has 274 valence electrons. The number of nitrogens with zero attached hydrogens (tertiary/aromatic N) is 1. The van der Waals surface area contributed by atoms with Crippen molar-refractivity contribution in [3.63, 3.8) is 0 Å². The number of likely N-dealkylation sites (N-methyl/N-ethyl adjacent to an activating group) is 1. The van der Waals surface area contributed by atoms with Crippen LogP contribution in [0.25, 0.3) is 0 Å². The van der Waals surface area contributed by atoms with Crippen LogP contribution in [-0.2, 0) is 28.6 Å². The standard InChI is InChI=1S/C39H71NO7/c1-6-8-10-12-14-16-17-18-19-20-21-22-24-25-27-29-37(41)46-34-35(33-45-32-31-36(39(43)44)40(3,4)5)47-38(42)30-28-26-23-15-13-11-9-7-2/h16-17,23,26,35-36H,6-15,18-22,24-25,27-34H2,1-5H3/b17-16+,26-23+. The van der Waals surface area contributed by atoms with Crippen molar-refractivity contribution in [3.8, 4) is 0 Å². The number of aliphatic carboxylic acids is 1. The van der Waals surface area contributed by atoms with E-state index < -0.39 is 18.1 Å². The van der Waals surface area contributed by atoms with E-state index in [1.54, 1.807) is 21.1 Å². The highest BCUT2D eigenvalue weighted by molar-refractivity contribution is 5.70. The summed E-state index contributed by atoms with van der Waals surface area (Å²) in [4.78, 5) is 36.5. The van der Waals surface area contributed by atoms with Crippen LogP contribution >= 0.6 is 0 Å². The molecule has 0 fully saturated rings. The Morgan fingerprint density at radius 1 is 0.617 bits per heavy atom. The van der Waals surface area contributed by atoms with Gasteiger partial charge in [-0.05, 0) is 51.4 Å². The number of allylic oxidation sites excluding steroid dienone is 4. The number of ether oxygens (including phenoxy) is 3. The minimum Gasteiger partial charge on any atom is -0.544 e. The lowest BCUT2D eigenvalue weighted by Crippen LogP contribution is -2.55. The summed E-state index contributed by atoms with van der Waals surface area (Å²) in [5.41, 5.74) is 0. The minimum atomic E-state index is -1.13. The van der Waals surface area contributed by atoms with Crippen molar-refractivity contribution < 1.29 is 38.2 Å². The Bertz CT molecular complexity index is 834. The number of quaternary nitrogens is 1. The molecular formula is C39H71NO7. The van der Waals surface area contributed by atoms with E-state index in [-0.39, 0.29) is 49.1 Å². The lowest BCUT2D eigenvalue weighted by molar-refractivity contribution is -0.889. The predicted molar refractivity (Wildman–Crippen MR) is 190 cm³/mol. The molecule has 0 aromatic heterocycles. The van der Waals surface area contributed by atoms with Gasteiger partial charge >= 0.3 is 11.9 Å². The molecule has 0 aromatic rings. The third-order valence-electron chi connectivity index (χ3n) is 8.32. The number of carbonyl (C=O) groups excluding carboxylic acids is 3. The van der Waals surface area contributed by atoms with E-state index in [2.05, 4.69) is 32.1 Å². The van der Waals surface area contributed by atoms with Crippen LogP contribution in [0.3, 0.4) is 0 Å². The molecule has 0 heterocycles. The molecule has 8 nitrogen and oxygen atoms in total. The van der Waals surface area contributed by atoms with Gasteiger partial charge in [-0.3, -0.25) is 9.59 Å². The second-order valence-electron chi connectivity index (χ2n) is 13.8. The maximum Gasteiger partial charge on any atom is 0.306 e. The first-order valence-corrected chi connectivity index (χ1v) is 18.9. The third-order valence-corrected chi connectivity index (χ3v) is 8.32. The van der Waals surface area contributed by atoms with Gasteiger partial charge in [-0.2, -0.15) is 0 Å². The molecule has 0 saturated heterocycles. The van der Waals surface area contributed by atoms with Crippen molar-refractivity contribution in [2.45, 2.75) is 167 Å². The molecule has 0 aliphatic carbocycles. The Balaban J connectivity index is 4.39. The predicted octanol–water partition coefficient (Wildman–Crippen LogP) is 8.02. The van der Waals surface area contributed by atoms with Crippen LogP contribution in [0.1, 0.15) is 155 Å². The molecule has 0 aliphatic rings. The van der Waals surface area contributed by atoms with Gasteiger partial charge < -0.3 is 28.6 Å². The second kappa shape index (κ2) is 31.1. The van der Waals surface area contributed by atoms with Crippen molar-refractivity contribution in [1.29, 1.82) is 0 Å². The van der Waals surface area contributed by atoms with Crippen molar-refractivity contribution >= 4 is 17.9 Å². The van der Waals surface area contributed by atoms with Crippen LogP contribution in [-0.4, -0.2) is 75.5 Å². The molecule has 0 radical (unpaired) electrons. The van der Waals surface area contributed by atoms with Gasteiger partial charge in [-0.25, -0.2) is 0 Å². The largest absolute Gasteiger partial charge is 0.544 e. The Morgan fingerprint density at radius 2 is 1.11 bits per heavy atom. The van der Waals surface area contributed by atoms with Gasteiger partial charge in [0.25, 0.3) is 0 Å². The molecule has 2 unspecified atom stereocenters. The summed E-state index contributed by atoms with van der Waals surface area (Å²) in [6.45, 7) is 4.54. The number of esters is 2.